The molecule has 4 nitrogen and oxygen atoms in total. The minimum absolute atomic E-state index is 0.117. The molecule has 0 rings (SSSR count). The van der Waals surface area contributed by atoms with Crippen LogP contribution < -0.4 is 10.6 Å². The maximum absolute atomic E-state index is 12.7. The van der Waals surface area contributed by atoms with E-state index >= 15 is 0 Å². The number of carbonyl (C=O) groups excluding carboxylic acids is 2. The van der Waals surface area contributed by atoms with Crippen molar-refractivity contribution >= 4 is 11.8 Å². The molecule has 0 aromatic rings. The van der Waals surface area contributed by atoms with Crippen LogP contribution in [0.1, 0.15) is 53.4 Å². The van der Waals surface area contributed by atoms with Crippen LogP contribution in [0, 0.1) is 41.9 Å². The Morgan fingerprint density at radius 2 is 1.22 bits per heavy atom. The molecule has 23 heavy (non-hydrogen) atoms. The Kier molecular flexibility index (Phi) is 9.83. The van der Waals surface area contributed by atoms with Crippen molar-refractivity contribution in [3.05, 3.63) is 0 Å². The number of nitrogens with one attached hydrogen (secondary N) is 2. The summed E-state index contributed by atoms with van der Waals surface area (Å²) >= 11 is 0. The predicted molar refractivity (Wildman–Crippen MR) is 94.3 cm³/mol. The highest BCUT2D eigenvalue weighted by Crippen LogP contribution is 2.34. The molecule has 2 N–H and O–H groups in total. The summed E-state index contributed by atoms with van der Waals surface area (Å²) in [6.07, 6.45) is 13.0. The van der Waals surface area contributed by atoms with Gasteiger partial charge in [-0.25, -0.2) is 0 Å². The van der Waals surface area contributed by atoms with E-state index in [0.29, 0.717) is 24.7 Å². The summed E-state index contributed by atoms with van der Waals surface area (Å²) in [5, 5.41) is 5.38. The van der Waals surface area contributed by atoms with E-state index in [1.54, 1.807) is 0 Å². The molecule has 0 aromatic carbocycles. The highest BCUT2D eigenvalue weighted by atomic mass is 16.2. The topological polar surface area (TPSA) is 58.2 Å². The summed E-state index contributed by atoms with van der Waals surface area (Å²) in [6, 6.07) is 0. The maximum atomic E-state index is 12.7. The number of hydrogen-bond acceptors (Lipinski definition) is 2. The standard InChI is InChI=1S/C19H30N2O2/c1-7-13-20-17(22)19(11-9-15(3)4,12-10-16(5)6)18(23)21-14-8-2/h1-2,15-16H,9-14H2,3-6H3,(H,20,22)(H,21,23). The van der Waals surface area contributed by atoms with Crippen molar-refractivity contribution in [1.82, 2.24) is 10.6 Å². The molecule has 0 bridgehead atoms. The van der Waals surface area contributed by atoms with Gasteiger partial charge in [-0.05, 0) is 37.5 Å². The van der Waals surface area contributed by atoms with Gasteiger partial charge in [0.05, 0.1) is 13.1 Å². The minimum Gasteiger partial charge on any atom is -0.344 e. The molecule has 128 valence electrons. The van der Waals surface area contributed by atoms with Crippen LogP contribution in [-0.4, -0.2) is 24.9 Å². The molecule has 0 aliphatic heterocycles. The zero-order valence-corrected chi connectivity index (χ0v) is 14.9. The Morgan fingerprint density at radius 3 is 1.48 bits per heavy atom. The first-order chi connectivity index (χ1) is 10.8. The summed E-state index contributed by atoms with van der Waals surface area (Å²) in [5.74, 6) is 4.97. The first-order valence-corrected chi connectivity index (χ1v) is 8.23. The Bertz CT molecular complexity index is 423. The molecule has 0 heterocycles. The molecular weight excluding hydrogens is 288 g/mol. The molecule has 0 saturated heterocycles. The van der Waals surface area contributed by atoms with Crippen LogP contribution in [0.5, 0.6) is 0 Å². The van der Waals surface area contributed by atoms with E-state index < -0.39 is 5.41 Å². The van der Waals surface area contributed by atoms with Crippen molar-refractivity contribution in [2.75, 3.05) is 13.1 Å². The van der Waals surface area contributed by atoms with E-state index in [0.717, 1.165) is 12.8 Å². The summed E-state index contributed by atoms with van der Waals surface area (Å²) in [6.45, 7) is 8.54. The number of rotatable bonds is 10. The van der Waals surface area contributed by atoms with Crippen LogP contribution in [0.4, 0.5) is 0 Å². The van der Waals surface area contributed by atoms with E-state index in [4.69, 9.17) is 12.8 Å². The first-order valence-electron chi connectivity index (χ1n) is 8.23. The lowest BCUT2D eigenvalue weighted by Crippen LogP contribution is -2.52. The highest BCUT2D eigenvalue weighted by Gasteiger charge is 2.44. The molecule has 0 unspecified atom stereocenters. The Labute approximate surface area is 141 Å². The van der Waals surface area contributed by atoms with E-state index in [1.165, 1.54) is 0 Å². The van der Waals surface area contributed by atoms with Gasteiger partial charge >= 0.3 is 0 Å². The third kappa shape index (κ3) is 7.24. The number of carbonyl (C=O) groups is 2. The predicted octanol–water partition coefficient (Wildman–Crippen LogP) is 2.34. The van der Waals surface area contributed by atoms with E-state index in [1.807, 2.05) is 0 Å². The second kappa shape index (κ2) is 10.7. The van der Waals surface area contributed by atoms with Gasteiger partial charge in [0.1, 0.15) is 5.41 Å². The van der Waals surface area contributed by atoms with Gasteiger partial charge in [0.2, 0.25) is 11.8 Å². The molecule has 0 saturated carbocycles. The van der Waals surface area contributed by atoms with Crippen LogP contribution in [0.2, 0.25) is 0 Å². The summed E-state index contributed by atoms with van der Waals surface area (Å²) in [5.41, 5.74) is -1.11. The van der Waals surface area contributed by atoms with Crippen LogP contribution in [0.25, 0.3) is 0 Å². The molecule has 0 aliphatic rings. The van der Waals surface area contributed by atoms with Gasteiger partial charge in [0.15, 0.2) is 0 Å². The maximum Gasteiger partial charge on any atom is 0.236 e. The number of amides is 2. The normalized spacial score (nSPS) is 11.0. The molecular formula is C19H30N2O2. The van der Waals surface area contributed by atoms with Crippen molar-refractivity contribution in [3.63, 3.8) is 0 Å². The second-order valence-corrected chi connectivity index (χ2v) is 6.72. The lowest BCUT2D eigenvalue weighted by atomic mass is 9.74. The van der Waals surface area contributed by atoms with Gasteiger partial charge < -0.3 is 10.6 Å². The average Bonchev–Trinajstić information content (AvgIpc) is 2.50. The van der Waals surface area contributed by atoms with Crippen LogP contribution >= 0.6 is 0 Å². The molecule has 0 aliphatic carbocycles. The molecule has 0 radical (unpaired) electrons. The summed E-state index contributed by atoms with van der Waals surface area (Å²) < 4.78 is 0. The largest absolute Gasteiger partial charge is 0.344 e. The number of hydrogen-bond donors (Lipinski definition) is 2. The second-order valence-electron chi connectivity index (χ2n) is 6.72. The third-order valence-corrected chi connectivity index (χ3v) is 3.87. The van der Waals surface area contributed by atoms with E-state index in [-0.39, 0.29) is 24.9 Å². The zero-order chi connectivity index (χ0) is 17.9. The van der Waals surface area contributed by atoms with Crippen molar-refractivity contribution in [2.45, 2.75) is 53.4 Å². The first kappa shape index (κ1) is 21.1. The van der Waals surface area contributed by atoms with E-state index in [2.05, 4.69) is 50.2 Å². The average molecular weight is 318 g/mol. The molecule has 0 atom stereocenters. The SMILES string of the molecule is C#CCNC(=O)C(CCC(C)C)(CCC(C)C)C(=O)NCC#C. The fourth-order valence-electron chi connectivity index (χ4n) is 2.35. The van der Waals surface area contributed by atoms with Crippen molar-refractivity contribution in [1.29, 1.82) is 0 Å². The quantitative estimate of drug-likeness (QED) is 0.480. The van der Waals surface area contributed by atoms with Gasteiger partial charge in [-0.3, -0.25) is 9.59 Å². The van der Waals surface area contributed by atoms with Crippen LogP contribution in [0.3, 0.4) is 0 Å². The van der Waals surface area contributed by atoms with Gasteiger partial charge in [-0.15, -0.1) is 12.8 Å². The molecule has 0 aromatic heterocycles. The van der Waals surface area contributed by atoms with Crippen molar-refractivity contribution < 1.29 is 9.59 Å². The zero-order valence-electron chi connectivity index (χ0n) is 14.9. The molecule has 4 heteroatoms. The molecule has 2 amide bonds. The highest BCUT2D eigenvalue weighted by molar-refractivity contribution is 6.05. The monoisotopic (exact) mass is 318 g/mol. The third-order valence-electron chi connectivity index (χ3n) is 3.87. The minimum atomic E-state index is -1.11. The Hall–Kier alpha value is -1.94. The van der Waals surface area contributed by atoms with Crippen LogP contribution in [0.15, 0.2) is 0 Å². The van der Waals surface area contributed by atoms with Crippen LogP contribution in [-0.2, 0) is 9.59 Å². The lowest BCUT2D eigenvalue weighted by Gasteiger charge is -2.32. The van der Waals surface area contributed by atoms with Gasteiger partial charge in [-0.1, -0.05) is 39.5 Å². The number of terminal acetylenes is 2. The summed E-state index contributed by atoms with van der Waals surface area (Å²) in [4.78, 5) is 25.5. The van der Waals surface area contributed by atoms with E-state index in [9.17, 15) is 9.59 Å². The molecule has 0 fully saturated rings. The van der Waals surface area contributed by atoms with Gasteiger partial charge in [-0.2, -0.15) is 0 Å². The fraction of sp³-hybridized carbons (Fsp3) is 0.684. The van der Waals surface area contributed by atoms with Gasteiger partial charge in [0, 0.05) is 0 Å². The molecule has 0 spiro atoms. The smallest absolute Gasteiger partial charge is 0.236 e. The van der Waals surface area contributed by atoms with Crippen molar-refractivity contribution in [2.24, 2.45) is 17.3 Å². The van der Waals surface area contributed by atoms with Crippen molar-refractivity contribution in [3.8, 4) is 24.7 Å². The summed E-state index contributed by atoms with van der Waals surface area (Å²) in [7, 11) is 0. The fourth-order valence-corrected chi connectivity index (χ4v) is 2.35. The Balaban J connectivity index is 5.48. The lowest BCUT2D eigenvalue weighted by molar-refractivity contribution is -0.145. The van der Waals surface area contributed by atoms with Gasteiger partial charge in [0.25, 0.3) is 0 Å². The Morgan fingerprint density at radius 1 is 0.870 bits per heavy atom.